The molecule has 1 heterocycles. The van der Waals surface area contributed by atoms with Crippen LogP contribution in [0.25, 0.3) is 0 Å². The van der Waals surface area contributed by atoms with E-state index in [4.69, 9.17) is 9.47 Å². The highest BCUT2D eigenvalue weighted by Gasteiger charge is 2.21. The first-order chi connectivity index (χ1) is 4.93. The van der Waals surface area contributed by atoms with Crippen molar-refractivity contribution in [3.63, 3.8) is 0 Å². The summed E-state index contributed by atoms with van der Waals surface area (Å²) in [6.45, 7) is 4.51. The lowest BCUT2D eigenvalue weighted by Gasteiger charge is -1.96. The maximum absolute atomic E-state index is 5.28. The van der Waals surface area contributed by atoms with Crippen LogP contribution in [0.5, 0.6) is 0 Å². The smallest absolute Gasteiger partial charge is 0.104 e. The third-order valence-electron chi connectivity index (χ3n) is 1.37. The van der Waals surface area contributed by atoms with Crippen molar-refractivity contribution < 1.29 is 9.47 Å². The number of allylic oxidation sites excluding steroid dienone is 1. The van der Waals surface area contributed by atoms with E-state index >= 15 is 0 Å². The van der Waals surface area contributed by atoms with E-state index in [1.54, 1.807) is 0 Å². The molecule has 1 saturated heterocycles. The third kappa shape index (κ3) is 3.64. The molecule has 1 rings (SSSR count). The van der Waals surface area contributed by atoms with Gasteiger partial charge in [-0.25, -0.2) is 0 Å². The molecule has 0 aliphatic carbocycles. The van der Waals surface area contributed by atoms with Gasteiger partial charge in [-0.1, -0.05) is 12.2 Å². The first kappa shape index (κ1) is 7.76. The van der Waals surface area contributed by atoms with E-state index in [0.717, 1.165) is 26.2 Å². The Labute approximate surface area is 61.8 Å². The molecule has 0 aromatic heterocycles. The van der Waals surface area contributed by atoms with Crippen molar-refractivity contribution in [2.24, 2.45) is 0 Å². The van der Waals surface area contributed by atoms with Gasteiger partial charge in [-0.15, -0.1) is 0 Å². The fourth-order valence-corrected chi connectivity index (χ4v) is 0.697. The molecule has 10 heavy (non-hydrogen) atoms. The van der Waals surface area contributed by atoms with Gasteiger partial charge in [-0.3, -0.25) is 0 Å². The van der Waals surface area contributed by atoms with E-state index in [0.29, 0.717) is 6.10 Å². The van der Waals surface area contributed by atoms with Crippen LogP contribution in [0.1, 0.15) is 13.3 Å². The van der Waals surface area contributed by atoms with Crippen molar-refractivity contribution in [3.05, 3.63) is 12.2 Å². The van der Waals surface area contributed by atoms with Crippen LogP contribution in [0, 0.1) is 0 Å². The Morgan fingerprint density at radius 2 is 2.50 bits per heavy atom. The van der Waals surface area contributed by atoms with E-state index in [1.165, 1.54) is 0 Å². The van der Waals surface area contributed by atoms with E-state index < -0.39 is 0 Å². The maximum Gasteiger partial charge on any atom is 0.104 e. The number of ether oxygens (including phenoxy) is 2. The van der Waals surface area contributed by atoms with E-state index in [-0.39, 0.29) is 0 Å². The SMILES string of the molecule is CC=CCCOCC1CO1. The summed E-state index contributed by atoms with van der Waals surface area (Å²) in [6.07, 6.45) is 5.57. The van der Waals surface area contributed by atoms with Crippen LogP contribution in [0.2, 0.25) is 0 Å². The molecule has 0 bridgehead atoms. The van der Waals surface area contributed by atoms with Crippen LogP contribution in [-0.2, 0) is 9.47 Å². The third-order valence-corrected chi connectivity index (χ3v) is 1.37. The predicted octanol–water partition coefficient (Wildman–Crippen LogP) is 1.37. The molecule has 0 N–H and O–H groups in total. The van der Waals surface area contributed by atoms with Gasteiger partial charge in [-0.2, -0.15) is 0 Å². The summed E-state index contributed by atoms with van der Waals surface area (Å²) >= 11 is 0. The highest BCUT2D eigenvalue weighted by Crippen LogP contribution is 2.08. The fraction of sp³-hybridized carbons (Fsp3) is 0.750. The minimum atomic E-state index is 0.408. The van der Waals surface area contributed by atoms with Crippen molar-refractivity contribution in [3.8, 4) is 0 Å². The number of hydrogen-bond donors (Lipinski definition) is 0. The number of rotatable bonds is 5. The maximum atomic E-state index is 5.28. The van der Waals surface area contributed by atoms with E-state index in [9.17, 15) is 0 Å². The molecule has 0 radical (unpaired) electrons. The van der Waals surface area contributed by atoms with Crippen LogP contribution in [0.15, 0.2) is 12.2 Å². The fourth-order valence-electron chi connectivity index (χ4n) is 0.697. The summed E-state index contributed by atoms with van der Waals surface area (Å²) in [5.74, 6) is 0. The molecule has 0 saturated carbocycles. The molecule has 0 aromatic rings. The average Bonchev–Trinajstić information content (AvgIpc) is 2.71. The van der Waals surface area contributed by atoms with Gasteiger partial charge in [0.2, 0.25) is 0 Å². The lowest BCUT2D eigenvalue weighted by atomic mass is 10.4. The summed E-state index contributed by atoms with van der Waals surface area (Å²) in [5.41, 5.74) is 0. The molecule has 1 aliphatic rings. The normalized spacial score (nSPS) is 23.9. The predicted molar refractivity (Wildman–Crippen MR) is 40.0 cm³/mol. The van der Waals surface area contributed by atoms with Crippen molar-refractivity contribution >= 4 is 0 Å². The minimum absolute atomic E-state index is 0.408. The van der Waals surface area contributed by atoms with Crippen molar-refractivity contribution in [2.45, 2.75) is 19.4 Å². The second-order valence-electron chi connectivity index (χ2n) is 2.39. The van der Waals surface area contributed by atoms with Crippen molar-refractivity contribution in [1.29, 1.82) is 0 Å². The van der Waals surface area contributed by atoms with E-state index in [2.05, 4.69) is 6.08 Å². The van der Waals surface area contributed by atoms with Crippen molar-refractivity contribution in [2.75, 3.05) is 19.8 Å². The summed E-state index contributed by atoms with van der Waals surface area (Å²) < 4.78 is 10.3. The Hall–Kier alpha value is -0.340. The molecule has 1 atom stereocenters. The standard InChI is InChI=1S/C8H14O2/c1-2-3-4-5-9-6-8-7-10-8/h2-3,8H,4-7H2,1H3. The van der Waals surface area contributed by atoms with Gasteiger partial charge in [-0.05, 0) is 13.3 Å². The zero-order chi connectivity index (χ0) is 7.23. The highest BCUT2D eigenvalue weighted by molar-refractivity contribution is 4.76. The van der Waals surface area contributed by atoms with Crippen LogP contribution >= 0.6 is 0 Å². The summed E-state index contributed by atoms with van der Waals surface area (Å²) in [5, 5.41) is 0. The van der Waals surface area contributed by atoms with Gasteiger partial charge in [0.05, 0.1) is 19.8 Å². The van der Waals surface area contributed by atoms with Gasteiger partial charge < -0.3 is 9.47 Å². The van der Waals surface area contributed by atoms with Crippen LogP contribution in [0.4, 0.5) is 0 Å². The molecule has 58 valence electrons. The Morgan fingerprint density at radius 1 is 1.70 bits per heavy atom. The zero-order valence-electron chi connectivity index (χ0n) is 6.38. The molecule has 0 amide bonds. The lowest BCUT2D eigenvalue weighted by Crippen LogP contribution is -2.01. The van der Waals surface area contributed by atoms with Gasteiger partial charge in [0.1, 0.15) is 6.10 Å². The second-order valence-corrected chi connectivity index (χ2v) is 2.39. The monoisotopic (exact) mass is 142 g/mol. The average molecular weight is 142 g/mol. The minimum Gasteiger partial charge on any atom is -0.378 e. The molecule has 0 spiro atoms. The summed E-state index contributed by atoms with van der Waals surface area (Å²) in [4.78, 5) is 0. The Bertz CT molecular complexity index is 106. The van der Waals surface area contributed by atoms with E-state index in [1.807, 2.05) is 13.0 Å². The van der Waals surface area contributed by atoms with Crippen LogP contribution in [-0.4, -0.2) is 25.9 Å². The molecule has 0 aromatic carbocycles. The molecule has 1 fully saturated rings. The topological polar surface area (TPSA) is 21.8 Å². The Balaban J connectivity index is 1.76. The quantitative estimate of drug-likeness (QED) is 0.328. The van der Waals surface area contributed by atoms with Crippen LogP contribution in [0.3, 0.4) is 0 Å². The first-order valence-corrected chi connectivity index (χ1v) is 3.74. The van der Waals surface area contributed by atoms with Crippen LogP contribution < -0.4 is 0 Å². The summed E-state index contributed by atoms with van der Waals surface area (Å²) in [6, 6.07) is 0. The van der Waals surface area contributed by atoms with Gasteiger partial charge in [0.15, 0.2) is 0 Å². The molecular weight excluding hydrogens is 128 g/mol. The molecule has 2 heteroatoms. The first-order valence-electron chi connectivity index (χ1n) is 3.74. The highest BCUT2D eigenvalue weighted by atomic mass is 16.6. The largest absolute Gasteiger partial charge is 0.378 e. The van der Waals surface area contributed by atoms with Gasteiger partial charge in [0.25, 0.3) is 0 Å². The zero-order valence-corrected chi connectivity index (χ0v) is 6.38. The Kier molecular flexibility index (Phi) is 3.47. The molecule has 2 nitrogen and oxygen atoms in total. The molecule has 1 aliphatic heterocycles. The van der Waals surface area contributed by atoms with Crippen molar-refractivity contribution in [1.82, 2.24) is 0 Å². The number of epoxide rings is 1. The lowest BCUT2D eigenvalue weighted by molar-refractivity contribution is 0.120. The number of hydrogen-bond acceptors (Lipinski definition) is 2. The van der Waals surface area contributed by atoms with Gasteiger partial charge >= 0.3 is 0 Å². The Morgan fingerprint density at radius 3 is 3.10 bits per heavy atom. The second kappa shape index (κ2) is 4.47. The summed E-state index contributed by atoms with van der Waals surface area (Å²) in [7, 11) is 0. The van der Waals surface area contributed by atoms with Gasteiger partial charge in [0, 0.05) is 0 Å². The molecule has 1 unspecified atom stereocenters. The molecular formula is C8H14O2.